The van der Waals surface area contributed by atoms with Crippen molar-refractivity contribution in [2.24, 2.45) is 0 Å². The SMILES string of the molecule is CC[N+](C)(C)C.O=S([O-])O. The van der Waals surface area contributed by atoms with Gasteiger partial charge in [0.1, 0.15) is 0 Å². The fourth-order valence-corrected chi connectivity index (χ4v) is 0. The Morgan fingerprint density at radius 3 is 1.60 bits per heavy atom. The summed E-state index contributed by atoms with van der Waals surface area (Å²) in [6.07, 6.45) is 0. The predicted molar refractivity (Wildman–Crippen MR) is 40.1 cm³/mol. The summed E-state index contributed by atoms with van der Waals surface area (Å²) in [5.74, 6) is 0. The van der Waals surface area contributed by atoms with Gasteiger partial charge in [-0.3, -0.25) is 0 Å². The second-order valence-electron chi connectivity index (χ2n) is 2.82. The van der Waals surface area contributed by atoms with E-state index in [1.54, 1.807) is 0 Å². The molecule has 0 fully saturated rings. The highest BCUT2D eigenvalue weighted by molar-refractivity contribution is 7.73. The number of hydrogen-bond donors (Lipinski definition) is 1. The van der Waals surface area contributed by atoms with E-state index in [1.807, 2.05) is 0 Å². The number of nitrogens with zero attached hydrogens (tertiary/aromatic N) is 1. The molecule has 64 valence electrons. The Balaban J connectivity index is 0. The average molecular weight is 169 g/mol. The van der Waals surface area contributed by atoms with Gasteiger partial charge in [-0.1, -0.05) is 0 Å². The van der Waals surface area contributed by atoms with Crippen molar-refractivity contribution in [3.05, 3.63) is 0 Å². The second-order valence-corrected chi connectivity index (χ2v) is 3.26. The molecule has 0 bridgehead atoms. The van der Waals surface area contributed by atoms with E-state index in [0.29, 0.717) is 0 Å². The quantitative estimate of drug-likeness (QED) is 0.445. The smallest absolute Gasteiger partial charge is 0.0814 e. The summed E-state index contributed by atoms with van der Waals surface area (Å²) in [6, 6.07) is 0. The van der Waals surface area contributed by atoms with Crippen LogP contribution in [-0.4, -0.2) is 45.5 Å². The van der Waals surface area contributed by atoms with Crippen molar-refractivity contribution in [3.8, 4) is 0 Å². The maximum absolute atomic E-state index is 8.56. The van der Waals surface area contributed by atoms with Gasteiger partial charge in [-0.25, -0.2) is 4.21 Å². The Bertz CT molecular complexity index is 95.6. The van der Waals surface area contributed by atoms with E-state index < -0.39 is 11.4 Å². The summed E-state index contributed by atoms with van der Waals surface area (Å²) in [5, 5.41) is 0. The molecule has 0 aromatic carbocycles. The number of hydrogen-bond acceptors (Lipinski definition) is 2. The molecule has 0 radical (unpaired) electrons. The van der Waals surface area contributed by atoms with Crippen molar-refractivity contribution in [1.29, 1.82) is 0 Å². The minimum Gasteiger partial charge on any atom is -0.750 e. The van der Waals surface area contributed by atoms with Crippen LogP contribution in [0, 0.1) is 0 Å². The zero-order chi connectivity index (χ0) is 8.78. The molecule has 0 aliphatic carbocycles. The van der Waals surface area contributed by atoms with Crippen LogP contribution in [0.3, 0.4) is 0 Å². The molecule has 0 aromatic rings. The lowest BCUT2D eigenvalue weighted by molar-refractivity contribution is -0.868. The summed E-state index contributed by atoms with van der Waals surface area (Å²) in [4.78, 5) is 0. The highest BCUT2D eigenvalue weighted by Crippen LogP contribution is 1.83. The van der Waals surface area contributed by atoms with Crippen LogP contribution in [0.15, 0.2) is 0 Å². The van der Waals surface area contributed by atoms with E-state index in [-0.39, 0.29) is 0 Å². The van der Waals surface area contributed by atoms with Crippen molar-refractivity contribution in [1.82, 2.24) is 0 Å². The first kappa shape index (κ1) is 12.7. The molecule has 0 saturated carbocycles. The number of rotatable bonds is 1. The van der Waals surface area contributed by atoms with Crippen LogP contribution < -0.4 is 0 Å². The Labute approximate surface area is 64.6 Å². The summed E-state index contributed by atoms with van der Waals surface area (Å²) in [5.41, 5.74) is 0. The standard InChI is InChI=1S/C5H14N.H2O3S/c1-5-6(2,3)4;1-4(2)3/h5H2,1-4H3;(H2,1,2,3)/q+1;/p-1. The summed E-state index contributed by atoms with van der Waals surface area (Å²) < 4.78 is 25.2. The third-order valence-electron chi connectivity index (χ3n) is 0.949. The summed E-state index contributed by atoms with van der Waals surface area (Å²) in [6.45, 7) is 3.39. The van der Waals surface area contributed by atoms with Gasteiger partial charge in [0.25, 0.3) is 0 Å². The first-order valence-corrected chi connectivity index (χ1v) is 3.91. The molecule has 4 nitrogen and oxygen atoms in total. The van der Waals surface area contributed by atoms with Gasteiger partial charge in [-0.05, 0) is 6.92 Å². The fraction of sp³-hybridized carbons (Fsp3) is 1.00. The first-order valence-electron chi connectivity index (χ1n) is 2.88. The van der Waals surface area contributed by atoms with Crippen molar-refractivity contribution in [2.45, 2.75) is 6.92 Å². The molecule has 0 aliphatic rings. The van der Waals surface area contributed by atoms with E-state index in [9.17, 15) is 0 Å². The van der Waals surface area contributed by atoms with Crippen LogP contribution in [0.5, 0.6) is 0 Å². The van der Waals surface area contributed by atoms with Crippen LogP contribution >= 0.6 is 0 Å². The molecule has 0 amide bonds. The molecule has 1 unspecified atom stereocenters. The largest absolute Gasteiger partial charge is 0.750 e. The average Bonchev–Trinajstić information content (AvgIpc) is 1.63. The van der Waals surface area contributed by atoms with Crippen LogP contribution in [0.2, 0.25) is 0 Å². The lowest BCUT2D eigenvalue weighted by Gasteiger charge is -2.20. The van der Waals surface area contributed by atoms with Crippen molar-refractivity contribution < 1.29 is 17.8 Å². The molecule has 5 heteroatoms. The molecule has 0 aromatic heterocycles. The molecular weight excluding hydrogens is 154 g/mol. The minimum absolute atomic E-state index is 1.07. The number of quaternary nitrogens is 1. The normalized spacial score (nSPS) is 13.4. The zero-order valence-corrected chi connectivity index (χ0v) is 7.64. The molecule has 10 heavy (non-hydrogen) atoms. The summed E-state index contributed by atoms with van der Waals surface area (Å²) in [7, 11) is 6.54. The minimum atomic E-state index is -2.86. The maximum atomic E-state index is 8.56. The Kier molecular flexibility index (Phi) is 7.34. The van der Waals surface area contributed by atoms with Gasteiger partial charge in [0.05, 0.1) is 39.0 Å². The molecule has 0 saturated heterocycles. The van der Waals surface area contributed by atoms with E-state index in [0.717, 1.165) is 4.48 Å². The second kappa shape index (κ2) is 5.79. The fourth-order valence-electron chi connectivity index (χ4n) is 0. The van der Waals surface area contributed by atoms with Crippen LogP contribution in [0.1, 0.15) is 6.92 Å². The van der Waals surface area contributed by atoms with Crippen LogP contribution in [-0.2, 0) is 11.4 Å². The highest BCUT2D eigenvalue weighted by Gasteiger charge is 1.97. The van der Waals surface area contributed by atoms with E-state index in [1.165, 1.54) is 6.54 Å². The first-order chi connectivity index (χ1) is 4.29. The Hall–Kier alpha value is 0.0300. The zero-order valence-electron chi connectivity index (χ0n) is 6.83. The molecule has 0 rings (SSSR count). The van der Waals surface area contributed by atoms with Gasteiger partial charge in [0, 0.05) is 0 Å². The van der Waals surface area contributed by atoms with Crippen molar-refractivity contribution in [2.75, 3.05) is 27.7 Å². The molecule has 0 aliphatic heterocycles. The molecular formula is C5H15NO3S. The topological polar surface area (TPSA) is 60.4 Å². The monoisotopic (exact) mass is 169 g/mol. The predicted octanol–water partition coefficient (Wildman–Crippen LogP) is 0.0510. The van der Waals surface area contributed by atoms with E-state index in [4.69, 9.17) is 13.3 Å². The molecule has 0 spiro atoms. The molecule has 1 N–H and O–H groups in total. The Morgan fingerprint density at radius 2 is 1.60 bits per heavy atom. The van der Waals surface area contributed by atoms with Gasteiger partial charge in [0.15, 0.2) is 0 Å². The van der Waals surface area contributed by atoms with Gasteiger partial charge in [-0.2, -0.15) is 0 Å². The lowest BCUT2D eigenvalue weighted by Crippen LogP contribution is -2.33. The lowest BCUT2D eigenvalue weighted by atomic mass is 10.6. The van der Waals surface area contributed by atoms with Crippen LogP contribution in [0.25, 0.3) is 0 Å². The van der Waals surface area contributed by atoms with Gasteiger partial charge in [-0.15, -0.1) is 0 Å². The van der Waals surface area contributed by atoms with Gasteiger partial charge >= 0.3 is 0 Å². The molecule has 0 heterocycles. The van der Waals surface area contributed by atoms with Crippen molar-refractivity contribution >= 4 is 11.4 Å². The Morgan fingerprint density at radius 1 is 1.50 bits per heavy atom. The van der Waals surface area contributed by atoms with Gasteiger partial charge < -0.3 is 13.6 Å². The van der Waals surface area contributed by atoms with E-state index >= 15 is 0 Å². The van der Waals surface area contributed by atoms with Crippen molar-refractivity contribution in [3.63, 3.8) is 0 Å². The maximum Gasteiger partial charge on any atom is 0.0814 e. The van der Waals surface area contributed by atoms with Crippen LogP contribution in [0.4, 0.5) is 0 Å². The third kappa shape index (κ3) is 43.2. The summed E-state index contributed by atoms with van der Waals surface area (Å²) >= 11 is -2.86. The third-order valence-corrected chi connectivity index (χ3v) is 0.949. The molecule has 1 atom stereocenters. The van der Waals surface area contributed by atoms with Gasteiger partial charge in [0.2, 0.25) is 0 Å². The van der Waals surface area contributed by atoms with E-state index in [2.05, 4.69) is 28.1 Å². The highest BCUT2D eigenvalue weighted by atomic mass is 32.2.